The number of hydrogen-bond acceptors (Lipinski definition) is 3. The summed E-state index contributed by atoms with van der Waals surface area (Å²) < 4.78 is 5.28. The second-order valence-electron chi connectivity index (χ2n) is 7.28. The van der Waals surface area contributed by atoms with Gasteiger partial charge in [0.25, 0.3) is 0 Å². The summed E-state index contributed by atoms with van der Waals surface area (Å²) in [6.45, 7) is 9.57. The molecule has 0 saturated heterocycles. The molecule has 1 fully saturated rings. The van der Waals surface area contributed by atoms with E-state index in [0.29, 0.717) is 12.6 Å². The van der Waals surface area contributed by atoms with Gasteiger partial charge in [0.2, 0.25) is 0 Å². The predicted octanol–water partition coefficient (Wildman–Crippen LogP) is 3.85. The Bertz CT molecular complexity index is 294. The van der Waals surface area contributed by atoms with Gasteiger partial charge in [0.1, 0.15) is 5.60 Å². The van der Waals surface area contributed by atoms with E-state index in [4.69, 9.17) is 4.74 Å². The molecule has 124 valence electrons. The fourth-order valence-corrected chi connectivity index (χ4v) is 2.87. The van der Waals surface area contributed by atoms with Crippen LogP contribution in [0.1, 0.15) is 72.6 Å². The minimum Gasteiger partial charge on any atom is -0.444 e. The molecule has 0 spiro atoms. The average Bonchev–Trinajstić information content (AvgIpc) is 2.41. The second-order valence-corrected chi connectivity index (χ2v) is 7.28. The molecule has 21 heavy (non-hydrogen) atoms. The van der Waals surface area contributed by atoms with Gasteiger partial charge in [0, 0.05) is 12.6 Å². The Morgan fingerprint density at radius 3 is 2.48 bits per heavy atom. The smallest absolute Gasteiger partial charge is 0.407 e. The Balaban J connectivity index is 2.26. The summed E-state index contributed by atoms with van der Waals surface area (Å²) in [6, 6.07) is 0.351. The molecule has 1 aliphatic rings. The monoisotopic (exact) mass is 298 g/mol. The summed E-state index contributed by atoms with van der Waals surface area (Å²) >= 11 is 0. The minimum absolute atomic E-state index is 0.317. The highest BCUT2D eigenvalue weighted by Gasteiger charge is 2.18. The molecule has 1 rings (SSSR count). The lowest BCUT2D eigenvalue weighted by molar-refractivity contribution is 0.0521. The van der Waals surface area contributed by atoms with E-state index in [-0.39, 0.29) is 6.09 Å². The van der Waals surface area contributed by atoms with Crippen molar-refractivity contribution in [3.05, 3.63) is 0 Å². The Morgan fingerprint density at radius 1 is 1.24 bits per heavy atom. The van der Waals surface area contributed by atoms with Crippen molar-refractivity contribution >= 4 is 6.09 Å². The van der Waals surface area contributed by atoms with Crippen LogP contribution in [0.25, 0.3) is 0 Å². The Morgan fingerprint density at radius 2 is 1.90 bits per heavy atom. The molecule has 0 aliphatic heterocycles. The lowest BCUT2D eigenvalue weighted by atomic mass is 9.89. The molecule has 0 aromatic heterocycles. The van der Waals surface area contributed by atoms with Crippen LogP contribution in [-0.4, -0.2) is 30.8 Å². The highest BCUT2D eigenvalue weighted by atomic mass is 16.6. The van der Waals surface area contributed by atoms with Crippen molar-refractivity contribution in [2.75, 3.05) is 13.1 Å². The third-order valence-electron chi connectivity index (χ3n) is 3.95. The lowest BCUT2D eigenvalue weighted by Gasteiger charge is -2.26. The Kier molecular flexibility index (Phi) is 8.09. The van der Waals surface area contributed by atoms with Gasteiger partial charge in [-0.25, -0.2) is 4.79 Å². The predicted molar refractivity (Wildman–Crippen MR) is 87.5 cm³/mol. The van der Waals surface area contributed by atoms with Crippen LogP contribution >= 0.6 is 0 Å². The molecule has 2 N–H and O–H groups in total. The van der Waals surface area contributed by atoms with Crippen molar-refractivity contribution in [2.24, 2.45) is 5.92 Å². The van der Waals surface area contributed by atoms with Gasteiger partial charge in [-0.3, -0.25) is 0 Å². The third-order valence-corrected chi connectivity index (χ3v) is 3.95. The SMILES string of the molecule is CCCC(CNC(=O)OC(C)(C)C)NCC1CCCCC1. The molecular formula is C17H34N2O2. The molecule has 0 aromatic rings. The van der Waals surface area contributed by atoms with Crippen molar-refractivity contribution < 1.29 is 9.53 Å². The van der Waals surface area contributed by atoms with Crippen molar-refractivity contribution in [2.45, 2.75) is 84.3 Å². The number of ether oxygens (including phenoxy) is 1. The Hall–Kier alpha value is -0.770. The van der Waals surface area contributed by atoms with Gasteiger partial charge in [-0.15, -0.1) is 0 Å². The Labute approximate surface area is 130 Å². The first-order valence-electron chi connectivity index (χ1n) is 8.61. The van der Waals surface area contributed by atoms with Crippen LogP contribution in [0, 0.1) is 5.92 Å². The molecule has 1 amide bonds. The van der Waals surface area contributed by atoms with E-state index in [0.717, 1.165) is 25.3 Å². The zero-order chi connectivity index (χ0) is 15.7. The number of alkyl carbamates (subject to hydrolysis) is 1. The van der Waals surface area contributed by atoms with E-state index < -0.39 is 5.60 Å². The fraction of sp³-hybridized carbons (Fsp3) is 0.941. The van der Waals surface area contributed by atoms with E-state index in [1.165, 1.54) is 32.1 Å². The summed E-state index contributed by atoms with van der Waals surface area (Å²) in [7, 11) is 0. The van der Waals surface area contributed by atoms with Crippen LogP contribution in [0.15, 0.2) is 0 Å². The molecule has 1 unspecified atom stereocenters. The molecule has 4 nitrogen and oxygen atoms in total. The van der Waals surface area contributed by atoms with E-state index in [9.17, 15) is 4.79 Å². The zero-order valence-electron chi connectivity index (χ0n) is 14.3. The standard InChI is InChI=1S/C17H34N2O2/c1-5-9-15(13-19-16(20)21-17(2,3)4)18-12-14-10-7-6-8-11-14/h14-15,18H,5-13H2,1-4H3,(H,19,20). The quantitative estimate of drug-likeness (QED) is 0.750. The number of amides is 1. The molecule has 1 atom stereocenters. The molecule has 0 heterocycles. The van der Waals surface area contributed by atoms with Gasteiger partial charge in [-0.05, 0) is 52.5 Å². The highest BCUT2D eigenvalue weighted by molar-refractivity contribution is 5.67. The maximum Gasteiger partial charge on any atom is 0.407 e. The average molecular weight is 298 g/mol. The van der Waals surface area contributed by atoms with Crippen molar-refractivity contribution in [1.29, 1.82) is 0 Å². The molecule has 0 aromatic carbocycles. The van der Waals surface area contributed by atoms with Crippen LogP contribution < -0.4 is 10.6 Å². The minimum atomic E-state index is -0.431. The van der Waals surface area contributed by atoms with Gasteiger partial charge in [0.05, 0.1) is 0 Å². The van der Waals surface area contributed by atoms with Gasteiger partial charge >= 0.3 is 6.09 Å². The van der Waals surface area contributed by atoms with E-state index >= 15 is 0 Å². The maximum atomic E-state index is 11.7. The molecule has 0 bridgehead atoms. The summed E-state index contributed by atoms with van der Waals surface area (Å²) in [5.41, 5.74) is -0.431. The molecular weight excluding hydrogens is 264 g/mol. The zero-order valence-corrected chi connectivity index (χ0v) is 14.3. The van der Waals surface area contributed by atoms with Crippen LogP contribution in [0.2, 0.25) is 0 Å². The third kappa shape index (κ3) is 8.97. The number of hydrogen-bond donors (Lipinski definition) is 2. The van der Waals surface area contributed by atoms with Gasteiger partial charge in [-0.2, -0.15) is 0 Å². The number of carbonyl (C=O) groups excluding carboxylic acids is 1. The number of rotatable bonds is 7. The molecule has 4 heteroatoms. The van der Waals surface area contributed by atoms with Crippen molar-refractivity contribution in [3.63, 3.8) is 0 Å². The fourth-order valence-electron chi connectivity index (χ4n) is 2.87. The summed E-state index contributed by atoms with van der Waals surface area (Å²) in [4.78, 5) is 11.7. The first-order valence-corrected chi connectivity index (χ1v) is 8.61. The largest absolute Gasteiger partial charge is 0.444 e. The molecule has 0 radical (unpaired) electrons. The van der Waals surface area contributed by atoms with Gasteiger partial charge in [0.15, 0.2) is 0 Å². The van der Waals surface area contributed by atoms with Crippen LogP contribution in [0.5, 0.6) is 0 Å². The number of carbonyl (C=O) groups is 1. The summed E-state index contributed by atoms with van der Waals surface area (Å²) in [6.07, 6.45) is 8.75. The van der Waals surface area contributed by atoms with Crippen molar-refractivity contribution in [3.8, 4) is 0 Å². The van der Waals surface area contributed by atoms with Crippen LogP contribution in [0.3, 0.4) is 0 Å². The first-order chi connectivity index (χ1) is 9.90. The van der Waals surface area contributed by atoms with Gasteiger partial charge in [-0.1, -0.05) is 32.6 Å². The number of nitrogens with one attached hydrogen (secondary N) is 2. The lowest BCUT2D eigenvalue weighted by Crippen LogP contribution is -2.44. The van der Waals surface area contributed by atoms with E-state index in [1.807, 2.05) is 20.8 Å². The van der Waals surface area contributed by atoms with Crippen LogP contribution in [0.4, 0.5) is 4.79 Å². The summed E-state index contributed by atoms with van der Waals surface area (Å²) in [5, 5.41) is 6.53. The van der Waals surface area contributed by atoms with Crippen molar-refractivity contribution in [1.82, 2.24) is 10.6 Å². The second kappa shape index (κ2) is 9.29. The highest BCUT2D eigenvalue weighted by Crippen LogP contribution is 2.22. The van der Waals surface area contributed by atoms with Crippen LogP contribution in [-0.2, 0) is 4.74 Å². The van der Waals surface area contributed by atoms with E-state index in [1.54, 1.807) is 0 Å². The first kappa shape index (κ1) is 18.3. The maximum absolute atomic E-state index is 11.7. The van der Waals surface area contributed by atoms with E-state index in [2.05, 4.69) is 17.6 Å². The van der Waals surface area contributed by atoms with Gasteiger partial charge < -0.3 is 15.4 Å². The molecule has 1 saturated carbocycles. The molecule has 1 aliphatic carbocycles. The normalized spacial score (nSPS) is 18.3. The topological polar surface area (TPSA) is 50.4 Å². The summed E-state index contributed by atoms with van der Waals surface area (Å²) in [5.74, 6) is 0.819.